The number of benzene rings is 1. The van der Waals surface area contributed by atoms with Gasteiger partial charge in [-0.15, -0.1) is 0 Å². The number of amides is 1. The second kappa shape index (κ2) is 7.77. The number of methoxy groups -OCH3 is 1. The van der Waals surface area contributed by atoms with E-state index in [2.05, 4.69) is 16.3 Å². The summed E-state index contributed by atoms with van der Waals surface area (Å²) in [6.45, 7) is 2.95. The van der Waals surface area contributed by atoms with Gasteiger partial charge in [-0.25, -0.2) is 0 Å². The van der Waals surface area contributed by atoms with E-state index in [0.29, 0.717) is 18.1 Å². The van der Waals surface area contributed by atoms with Crippen molar-refractivity contribution in [1.29, 1.82) is 5.26 Å². The zero-order chi connectivity index (χ0) is 15.1. The van der Waals surface area contributed by atoms with E-state index >= 15 is 0 Å². The largest absolute Gasteiger partial charge is 0.380 e. The topological polar surface area (TPSA) is 65.4 Å². The molecule has 1 amide bonds. The SMILES string of the molecule is COC1CCN(CCCC(=O)Nc2ccc(C#N)cc2)C1. The van der Waals surface area contributed by atoms with Gasteiger partial charge in [0.15, 0.2) is 0 Å². The van der Waals surface area contributed by atoms with Crippen LogP contribution in [-0.4, -0.2) is 43.7 Å². The maximum Gasteiger partial charge on any atom is 0.224 e. The van der Waals surface area contributed by atoms with Gasteiger partial charge in [0.1, 0.15) is 0 Å². The summed E-state index contributed by atoms with van der Waals surface area (Å²) in [7, 11) is 1.75. The molecule has 0 bridgehead atoms. The average molecular weight is 287 g/mol. The normalized spacial score (nSPS) is 18.4. The number of nitrogens with zero attached hydrogens (tertiary/aromatic N) is 2. The van der Waals surface area contributed by atoms with E-state index in [1.807, 2.05) is 0 Å². The molecule has 1 atom stereocenters. The third kappa shape index (κ3) is 4.85. The Bertz CT molecular complexity index is 507. The summed E-state index contributed by atoms with van der Waals surface area (Å²) < 4.78 is 5.32. The molecule has 1 N–H and O–H groups in total. The molecule has 1 aromatic carbocycles. The molecule has 1 aliphatic heterocycles. The molecule has 0 spiro atoms. The fourth-order valence-electron chi connectivity index (χ4n) is 2.51. The summed E-state index contributed by atoms with van der Waals surface area (Å²) in [4.78, 5) is 14.2. The number of hydrogen-bond acceptors (Lipinski definition) is 4. The van der Waals surface area contributed by atoms with Gasteiger partial charge in [0.2, 0.25) is 5.91 Å². The zero-order valence-corrected chi connectivity index (χ0v) is 12.3. The van der Waals surface area contributed by atoms with Gasteiger partial charge in [-0.2, -0.15) is 5.26 Å². The monoisotopic (exact) mass is 287 g/mol. The second-order valence-corrected chi connectivity index (χ2v) is 5.29. The zero-order valence-electron chi connectivity index (χ0n) is 12.3. The van der Waals surface area contributed by atoms with Gasteiger partial charge in [-0.1, -0.05) is 0 Å². The van der Waals surface area contributed by atoms with Crippen molar-refractivity contribution < 1.29 is 9.53 Å². The molecule has 0 aliphatic carbocycles. The highest BCUT2D eigenvalue weighted by Crippen LogP contribution is 2.13. The number of rotatable bonds is 6. The third-order valence-electron chi connectivity index (χ3n) is 3.74. The second-order valence-electron chi connectivity index (χ2n) is 5.29. The average Bonchev–Trinajstić information content (AvgIpc) is 2.96. The van der Waals surface area contributed by atoms with Gasteiger partial charge in [0, 0.05) is 32.3 Å². The van der Waals surface area contributed by atoms with E-state index in [-0.39, 0.29) is 5.91 Å². The Labute approximate surface area is 125 Å². The van der Waals surface area contributed by atoms with Gasteiger partial charge >= 0.3 is 0 Å². The quantitative estimate of drug-likeness (QED) is 0.869. The number of hydrogen-bond donors (Lipinski definition) is 1. The van der Waals surface area contributed by atoms with Crippen LogP contribution < -0.4 is 5.32 Å². The van der Waals surface area contributed by atoms with Crippen LogP contribution in [0.4, 0.5) is 5.69 Å². The van der Waals surface area contributed by atoms with Crippen LogP contribution in [0.1, 0.15) is 24.8 Å². The summed E-state index contributed by atoms with van der Waals surface area (Å²) in [5.74, 6) is 0.0159. The molecular formula is C16H21N3O2. The molecule has 0 saturated carbocycles. The van der Waals surface area contributed by atoms with Crippen LogP contribution in [0.2, 0.25) is 0 Å². The van der Waals surface area contributed by atoms with Crippen LogP contribution in [0, 0.1) is 11.3 Å². The highest BCUT2D eigenvalue weighted by Gasteiger charge is 2.21. The smallest absolute Gasteiger partial charge is 0.224 e. The van der Waals surface area contributed by atoms with E-state index in [1.54, 1.807) is 31.4 Å². The van der Waals surface area contributed by atoms with Crippen molar-refractivity contribution in [3.8, 4) is 6.07 Å². The Hall–Kier alpha value is -1.90. The van der Waals surface area contributed by atoms with Gasteiger partial charge < -0.3 is 15.0 Å². The van der Waals surface area contributed by atoms with Crippen LogP contribution in [0.15, 0.2) is 24.3 Å². The minimum Gasteiger partial charge on any atom is -0.380 e. The van der Waals surface area contributed by atoms with Crippen LogP contribution in [0.5, 0.6) is 0 Å². The van der Waals surface area contributed by atoms with Crippen LogP contribution in [-0.2, 0) is 9.53 Å². The van der Waals surface area contributed by atoms with E-state index in [0.717, 1.165) is 38.2 Å². The highest BCUT2D eigenvalue weighted by molar-refractivity contribution is 5.90. The summed E-state index contributed by atoms with van der Waals surface area (Å²) in [6.07, 6.45) is 2.78. The van der Waals surface area contributed by atoms with E-state index < -0.39 is 0 Å². The molecule has 5 heteroatoms. The molecule has 2 rings (SSSR count). The summed E-state index contributed by atoms with van der Waals surface area (Å²) in [5, 5.41) is 11.6. The number of carbonyl (C=O) groups is 1. The first-order chi connectivity index (χ1) is 10.2. The molecule has 1 heterocycles. The first-order valence-corrected chi connectivity index (χ1v) is 7.26. The van der Waals surface area contributed by atoms with Crippen molar-refractivity contribution in [2.75, 3.05) is 32.1 Å². The first kappa shape index (κ1) is 15.5. The van der Waals surface area contributed by atoms with Gasteiger partial charge in [-0.05, 0) is 43.7 Å². The molecule has 1 unspecified atom stereocenters. The van der Waals surface area contributed by atoms with E-state index in [4.69, 9.17) is 10.00 Å². The lowest BCUT2D eigenvalue weighted by atomic mass is 10.2. The Morgan fingerprint density at radius 2 is 2.24 bits per heavy atom. The number of ether oxygens (including phenoxy) is 1. The minimum absolute atomic E-state index is 0.0159. The van der Waals surface area contributed by atoms with Crippen LogP contribution in [0.3, 0.4) is 0 Å². The number of nitriles is 1. The lowest BCUT2D eigenvalue weighted by Gasteiger charge is -2.15. The maximum atomic E-state index is 11.8. The Morgan fingerprint density at radius 3 is 2.86 bits per heavy atom. The van der Waals surface area contributed by atoms with Gasteiger partial charge in [0.05, 0.1) is 17.7 Å². The molecule has 1 fully saturated rings. The van der Waals surface area contributed by atoms with Crippen molar-refractivity contribution in [3.63, 3.8) is 0 Å². The molecule has 1 saturated heterocycles. The van der Waals surface area contributed by atoms with E-state index in [9.17, 15) is 4.79 Å². The standard InChI is InChI=1S/C16H21N3O2/c1-21-15-8-10-19(12-15)9-2-3-16(20)18-14-6-4-13(11-17)5-7-14/h4-7,15H,2-3,8-10,12H2,1H3,(H,18,20). The van der Waals surface area contributed by atoms with Crippen molar-refractivity contribution in [2.45, 2.75) is 25.4 Å². The first-order valence-electron chi connectivity index (χ1n) is 7.26. The molecular weight excluding hydrogens is 266 g/mol. The van der Waals surface area contributed by atoms with Crippen molar-refractivity contribution in [3.05, 3.63) is 29.8 Å². The summed E-state index contributed by atoms with van der Waals surface area (Å²) >= 11 is 0. The van der Waals surface area contributed by atoms with Gasteiger partial charge in [0.25, 0.3) is 0 Å². The molecule has 112 valence electrons. The molecule has 0 aromatic heterocycles. The summed E-state index contributed by atoms with van der Waals surface area (Å²) in [5.41, 5.74) is 1.33. The Balaban J connectivity index is 1.66. The number of carbonyl (C=O) groups excluding carboxylic acids is 1. The molecule has 1 aliphatic rings. The molecule has 21 heavy (non-hydrogen) atoms. The molecule has 1 aromatic rings. The fraction of sp³-hybridized carbons (Fsp3) is 0.500. The number of anilines is 1. The number of nitrogens with one attached hydrogen (secondary N) is 1. The third-order valence-corrected chi connectivity index (χ3v) is 3.74. The lowest BCUT2D eigenvalue weighted by molar-refractivity contribution is -0.116. The Kier molecular flexibility index (Phi) is 5.73. The fourth-order valence-corrected chi connectivity index (χ4v) is 2.51. The van der Waals surface area contributed by atoms with Crippen LogP contribution >= 0.6 is 0 Å². The van der Waals surface area contributed by atoms with Crippen molar-refractivity contribution in [2.24, 2.45) is 0 Å². The Morgan fingerprint density at radius 1 is 1.48 bits per heavy atom. The molecule has 0 radical (unpaired) electrons. The number of likely N-dealkylation sites (tertiary alicyclic amines) is 1. The lowest BCUT2D eigenvalue weighted by Crippen LogP contribution is -2.25. The predicted molar refractivity (Wildman–Crippen MR) is 80.9 cm³/mol. The predicted octanol–water partition coefficient (Wildman–Crippen LogP) is 2.00. The van der Waals surface area contributed by atoms with Crippen LogP contribution in [0.25, 0.3) is 0 Å². The van der Waals surface area contributed by atoms with Crippen molar-refractivity contribution in [1.82, 2.24) is 4.90 Å². The maximum absolute atomic E-state index is 11.8. The minimum atomic E-state index is 0.0159. The molecule has 5 nitrogen and oxygen atoms in total. The van der Waals surface area contributed by atoms with E-state index in [1.165, 1.54) is 0 Å². The van der Waals surface area contributed by atoms with Gasteiger partial charge in [-0.3, -0.25) is 4.79 Å². The van der Waals surface area contributed by atoms with Crippen molar-refractivity contribution >= 4 is 11.6 Å². The highest BCUT2D eigenvalue weighted by atomic mass is 16.5. The summed E-state index contributed by atoms with van der Waals surface area (Å²) in [6, 6.07) is 8.95.